The van der Waals surface area contributed by atoms with Gasteiger partial charge in [-0.2, -0.15) is 5.26 Å². The van der Waals surface area contributed by atoms with Gasteiger partial charge in [0.15, 0.2) is 0 Å². The van der Waals surface area contributed by atoms with E-state index in [-0.39, 0.29) is 6.54 Å². The number of hydrogen-bond acceptors (Lipinski definition) is 4. The normalized spacial score (nSPS) is 9.90. The van der Waals surface area contributed by atoms with Gasteiger partial charge in [-0.3, -0.25) is 4.79 Å². The summed E-state index contributed by atoms with van der Waals surface area (Å²) in [5.41, 5.74) is 3.12. The molecule has 106 valence electrons. The fourth-order valence-electron chi connectivity index (χ4n) is 2.01. The van der Waals surface area contributed by atoms with Crippen LogP contribution in [0.4, 0.5) is 5.69 Å². The minimum Gasteiger partial charge on any atom is -0.480 e. The number of aryl methyl sites for hydroxylation is 1. The smallest absolute Gasteiger partial charge is 0.323 e. The molecule has 0 saturated heterocycles. The quantitative estimate of drug-likeness (QED) is 0.910. The fourth-order valence-corrected chi connectivity index (χ4v) is 2.01. The molecule has 5 nitrogen and oxygen atoms in total. The van der Waals surface area contributed by atoms with Gasteiger partial charge in [-0.15, -0.1) is 0 Å². The topological polar surface area (TPSA) is 77.2 Å². The van der Waals surface area contributed by atoms with E-state index in [2.05, 4.69) is 4.98 Å². The Hall–Kier alpha value is -2.87. The van der Waals surface area contributed by atoms with Crippen LogP contribution in [0.3, 0.4) is 0 Å². The largest absolute Gasteiger partial charge is 0.480 e. The highest BCUT2D eigenvalue weighted by Gasteiger charge is 2.12. The molecule has 0 bridgehead atoms. The van der Waals surface area contributed by atoms with E-state index in [1.807, 2.05) is 37.3 Å². The summed E-state index contributed by atoms with van der Waals surface area (Å²) in [6.07, 6.45) is 1.56. The van der Waals surface area contributed by atoms with Gasteiger partial charge in [0.25, 0.3) is 0 Å². The van der Waals surface area contributed by atoms with E-state index in [0.29, 0.717) is 12.2 Å². The number of rotatable bonds is 5. The van der Waals surface area contributed by atoms with Gasteiger partial charge in [-0.05, 0) is 36.8 Å². The van der Waals surface area contributed by atoms with E-state index < -0.39 is 5.97 Å². The van der Waals surface area contributed by atoms with Crippen LogP contribution >= 0.6 is 0 Å². The molecule has 0 radical (unpaired) electrons. The molecule has 1 aromatic heterocycles. The van der Waals surface area contributed by atoms with E-state index >= 15 is 0 Å². The number of carbonyl (C=O) groups is 1. The van der Waals surface area contributed by atoms with E-state index in [0.717, 1.165) is 16.8 Å². The molecule has 0 spiro atoms. The van der Waals surface area contributed by atoms with Gasteiger partial charge in [0.05, 0.1) is 0 Å². The van der Waals surface area contributed by atoms with Crippen LogP contribution in [0.5, 0.6) is 0 Å². The molecule has 0 aliphatic carbocycles. The van der Waals surface area contributed by atoms with E-state index in [4.69, 9.17) is 10.4 Å². The molecule has 1 N–H and O–H groups in total. The molecule has 1 heterocycles. The summed E-state index contributed by atoms with van der Waals surface area (Å²) in [4.78, 5) is 16.7. The zero-order valence-electron chi connectivity index (χ0n) is 11.7. The second kappa shape index (κ2) is 6.53. The lowest BCUT2D eigenvalue weighted by Crippen LogP contribution is -2.29. The minimum absolute atomic E-state index is 0.104. The van der Waals surface area contributed by atoms with Crippen LogP contribution < -0.4 is 4.90 Å². The summed E-state index contributed by atoms with van der Waals surface area (Å²) >= 11 is 0. The van der Waals surface area contributed by atoms with Crippen molar-refractivity contribution in [3.8, 4) is 6.07 Å². The van der Waals surface area contributed by atoms with Gasteiger partial charge in [-0.1, -0.05) is 17.7 Å². The van der Waals surface area contributed by atoms with Crippen molar-refractivity contribution in [2.24, 2.45) is 0 Å². The Bertz CT molecular complexity index is 675. The third-order valence-electron chi connectivity index (χ3n) is 3.04. The van der Waals surface area contributed by atoms with Crippen LogP contribution in [0.25, 0.3) is 0 Å². The molecule has 0 aliphatic rings. The third kappa shape index (κ3) is 4.05. The zero-order valence-corrected chi connectivity index (χ0v) is 11.7. The van der Waals surface area contributed by atoms with Gasteiger partial charge < -0.3 is 10.0 Å². The number of carboxylic acids is 1. The van der Waals surface area contributed by atoms with Gasteiger partial charge in [0.1, 0.15) is 18.3 Å². The molecular weight excluding hydrogens is 266 g/mol. The number of pyridine rings is 1. The number of nitrogens with zero attached hydrogens (tertiary/aromatic N) is 3. The van der Waals surface area contributed by atoms with Crippen molar-refractivity contribution >= 4 is 11.7 Å². The van der Waals surface area contributed by atoms with Crippen molar-refractivity contribution in [2.75, 3.05) is 11.4 Å². The lowest BCUT2D eigenvalue weighted by atomic mass is 10.1. The summed E-state index contributed by atoms with van der Waals surface area (Å²) in [6, 6.07) is 13.1. The SMILES string of the molecule is Cc1ccc(N(CC(=O)O)Cc2ccnc(C#N)c2)cc1. The number of anilines is 1. The highest BCUT2D eigenvalue weighted by atomic mass is 16.4. The molecule has 0 fully saturated rings. The Morgan fingerprint density at radius 3 is 2.67 bits per heavy atom. The van der Waals surface area contributed by atoms with Gasteiger partial charge in [-0.25, -0.2) is 4.98 Å². The second-order valence-corrected chi connectivity index (χ2v) is 4.75. The zero-order chi connectivity index (χ0) is 15.2. The molecule has 0 saturated carbocycles. The van der Waals surface area contributed by atoms with E-state index in [9.17, 15) is 4.79 Å². The predicted molar refractivity (Wildman–Crippen MR) is 78.8 cm³/mol. The highest BCUT2D eigenvalue weighted by Crippen LogP contribution is 2.18. The van der Waals surface area contributed by atoms with Crippen LogP contribution in [0, 0.1) is 18.3 Å². The Morgan fingerprint density at radius 1 is 1.33 bits per heavy atom. The maximum absolute atomic E-state index is 11.1. The maximum Gasteiger partial charge on any atom is 0.323 e. The fraction of sp³-hybridized carbons (Fsp3) is 0.188. The summed E-state index contributed by atoms with van der Waals surface area (Å²) in [5, 5.41) is 17.9. The average Bonchev–Trinajstić information content (AvgIpc) is 2.47. The third-order valence-corrected chi connectivity index (χ3v) is 3.04. The lowest BCUT2D eigenvalue weighted by molar-refractivity contribution is -0.135. The van der Waals surface area contributed by atoms with Gasteiger partial charge in [0.2, 0.25) is 0 Å². The number of benzene rings is 1. The first-order valence-electron chi connectivity index (χ1n) is 6.47. The Kier molecular flexibility index (Phi) is 4.52. The van der Waals surface area contributed by atoms with Crippen molar-refractivity contribution in [1.82, 2.24) is 4.98 Å². The highest BCUT2D eigenvalue weighted by molar-refractivity contribution is 5.73. The monoisotopic (exact) mass is 281 g/mol. The first-order valence-corrected chi connectivity index (χ1v) is 6.47. The first-order chi connectivity index (χ1) is 10.1. The number of aromatic nitrogens is 1. The molecule has 2 aromatic rings. The molecule has 1 aromatic carbocycles. The van der Waals surface area contributed by atoms with Gasteiger partial charge in [0, 0.05) is 18.4 Å². The molecule has 21 heavy (non-hydrogen) atoms. The van der Waals surface area contributed by atoms with Crippen LogP contribution in [0.1, 0.15) is 16.8 Å². The van der Waals surface area contributed by atoms with Crippen LogP contribution in [0.15, 0.2) is 42.6 Å². The van der Waals surface area contributed by atoms with E-state index in [1.54, 1.807) is 23.2 Å². The van der Waals surface area contributed by atoms with Crippen LogP contribution in [-0.2, 0) is 11.3 Å². The van der Waals surface area contributed by atoms with Crippen LogP contribution in [0.2, 0.25) is 0 Å². The minimum atomic E-state index is -0.898. The Balaban J connectivity index is 2.25. The maximum atomic E-state index is 11.1. The Labute approximate surface area is 123 Å². The molecule has 0 aliphatic heterocycles. The second-order valence-electron chi connectivity index (χ2n) is 4.75. The first kappa shape index (κ1) is 14.5. The van der Waals surface area contributed by atoms with Gasteiger partial charge >= 0.3 is 5.97 Å². The van der Waals surface area contributed by atoms with E-state index in [1.165, 1.54) is 0 Å². The molecule has 0 unspecified atom stereocenters. The lowest BCUT2D eigenvalue weighted by Gasteiger charge is -2.23. The summed E-state index contributed by atoms with van der Waals surface area (Å²) < 4.78 is 0. The molecule has 2 rings (SSSR count). The van der Waals surface area contributed by atoms with Crippen molar-refractivity contribution in [3.63, 3.8) is 0 Å². The number of aliphatic carboxylic acids is 1. The number of nitriles is 1. The number of carboxylic acid groups (broad SMARTS) is 1. The standard InChI is InChI=1S/C16H15N3O2/c1-12-2-4-15(5-3-12)19(11-16(20)21)10-13-6-7-18-14(8-13)9-17/h2-8H,10-11H2,1H3,(H,20,21). The summed E-state index contributed by atoms with van der Waals surface area (Å²) in [6.45, 7) is 2.28. The van der Waals surface area contributed by atoms with Crippen molar-refractivity contribution in [1.29, 1.82) is 5.26 Å². The average molecular weight is 281 g/mol. The molecule has 5 heteroatoms. The van der Waals surface area contributed by atoms with Crippen LogP contribution in [-0.4, -0.2) is 22.6 Å². The van der Waals surface area contributed by atoms with Crippen molar-refractivity contribution < 1.29 is 9.90 Å². The predicted octanol–water partition coefficient (Wildman–Crippen LogP) is 2.35. The van der Waals surface area contributed by atoms with Crippen molar-refractivity contribution in [3.05, 3.63) is 59.4 Å². The van der Waals surface area contributed by atoms with Crippen molar-refractivity contribution in [2.45, 2.75) is 13.5 Å². The summed E-state index contributed by atoms with van der Waals surface area (Å²) in [5.74, 6) is -0.898. The Morgan fingerprint density at radius 2 is 2.05 bits per heavy atom. The molecular formula is C16H15N3O2. The summed E-state index contributed by atoms with van der Waals surface area (Å²) in [7, 11) is 0. The number of hydrogen-bond donors (Lipinski definition) is 1. The molecule has 0 amide bonds. The molecule has 0 atom stereocenters.